The molecule has 0 aliphatic carbocycles. The summed E-state index contributed by atoms with van der Waals surface area (Å²) >= 11 is 0. The Balaban J connectivity index is 1.57. The van der Waals surface area contributed by atoms with Crippen molar-refractivity contribution >= 4 is 0 Å². The molecule has 3 heteroatoms. The topological polar surface area (TPSA) is 30.7 Å². The molecule has 0 fully saturated rings. The number of pyridine rings is 1. The molecule has 0 N–H and O–H groups in total. The van der Waals surface area contributed by atoms with Crippen molar-refractivity contribution in [2.45, 2.75) is 6.42 Å². The van der Waals surface area contributed by atoms with Crippen molar-refractivity contribution in [2.24, 2.45) is 0 Å². The van der Waals surface area contributed by atoms with E-state index in [1.807, 2.05) is 77.6 Å². The third-order valence-electron chi connectivity index (χ3n) is 3.90. The van der Waals surface area contributed by atoms with Gasteiger partial charge in [0.05, 0.1) is 17.1 Å². The molecule has 0 spiro atoms. The van der Waals surface area contributed by atoms with Crippen molar-refractivity contribution in [2.75, 3.05) is 0 Å². The number of benzene rings is 2. The Morgan fingerprint density at radius 3 is 2.21 bits per heavy atom. The van der Waals surface area contributed by atoms with Crippen LogP contribution >= 0.6 is 0 Å². The Hall–Kier alpha value is -3.20. The normalized spacial score (nSPS) is 10.7. The van der Waals surface area contributed by atoms with Crippen LogP contribution < -0.4 is 0 Å². The third kappa shape index (κ3) is 3.10. The molecular formula is C21H17N3. The lowest BCUT2D eigenvalue weighted by molar-refractivity contribution is 0.843. The summed E-state index contributed by atoms with van der Waals surface area (Å²) in [6, 6.07) is 28.6. The van der Waals surface area contributed by atoms with Crippen LogP contribution in [-0.4, -0.2) is 14.8 Å². The van der Waals surface area contributed by atoms with Gasteiger partial charge in [-0.05, 0) is 30.3 Å². The lowest BCUT2D eigenvalue weighted by atomic mass is 10.1. The molecule has 0 saturated carbocycles. The van der Waals surface area contributed by atoms with Crippen molar-refractivity contribution in [1.82, 2.24) is 14.8 Å². The molecule has 0 unspecified atom stereocenters. The highest BCUT2D eigenvalue weighted by Gasteiger charge is 2.05. The largest absolute Gasteiger partial charge is 0.252 e. The summed E-state index contributed by atoms with van der Waals surface area (Å²) in [7, 11) is 0. The van der Waals surface area contributed by atoms with Crippen LogP contribution in [-0.2, 0) is 6.42 Å². The Labute approximate surface area is 141 Å². The molecular weight excluding hydrogens is 294 g/mol. The van der Waals surface area contributed by atoms with E-state index in [0.717, 1.165) is 34.8 Å². The van der Waals surface area contributed by atoms with Gasteiger partial charge in [-0.3, -0.25) is 4.98 Å². The number of para-hydroxylation sites is 1. The molecule has 0 aliphatic rings. The van der Waals surface area contributed by atoms with E-state index in [1.54, 1.807) is 0 Å². The van der Waals surface area contributed by atoms with Gasteiger partial charge in [0.15, 0.2) is 0 Å². The summed E-state index contributed by atoms with van der Waals surface area (Å²) in [5, 5.41) is 4.65. The molecule has 24 heavy (non-hydrogen) atoms. The molecule has 0 amide bonds. The molecule has 2 heterocycles. The zero-order valence-corrected chi connectivity index (χ0v) is 13.2. The fraction of sp³-hybridized carbons (Fsp3) is 0.0476. The maximum atomic E-state index is 4.77. The highest BCUT2D eigenvalue weighted by molar-refractivity contribution is 5.58. The van der Waals surface area contributed by atoms with Gasteiger partial charge in [-0.15, -0.1) is 0 Å². The number of hydrogen-bond acceptors (Lipinski definition) is 2. The van der Waals surface area contributed by atoms with Gasteiger partial charge in [0, 0.05) is 23.9 Å². The van der Waals surface area contributed by atoms with E-state index in [1.165, 1.54) is 0 Å². The molecule has 116 valence electrons. The molecule has 4 aromatic rings. The second-order valence-corrected chi connectivity index (χ2v) is 5.64. The predicted octanol–water partition coefficient (Wildman–Crippen LogP) is 4.53. The van der Waals surface area contributed by atoms with E-state index in [9.17, 15) is 0 Å². The number of aromatic nitrogens is 3. The maximum Gasteiger partial charge on any atom is 0.0705 e. The minimum Gasteiger partial charge on any atom is -0.252 e. The van der Waals surface area contributed by atoms with E-state index in [2.05, 4.69) is 23.3 Å². The Bertz CT molecular complexity index is 927. The first-order valence-corrected chi connectivity index (χ1v) is 8.00. The summed E-state index contributed by atoms with van der Waals surface area (Å²) < 4.78 is 1.90. The average molecular weight is 311 g/mol. The molecule has 0 aliphatic heterocycles. The van der Waals surface area contributed by atoms with Gasteiger partial charge in [0.2, 0.25) is 0 Å². The van der Waals surface area contributed by atoms with E-state index < -0.39 is 0 Å². The first kappa shape index (κ1) is 14.4. The zero-order chi connectivity index (χ0) is 16.2. The van der Waals surface area contributed by atoms with E-state index in [0.29, 0.717) is 0 Å². The summed E-state index contributed by atoms with van der Waals surface area (Å²) in [6.07, 6.45) is 2.71. The van der Waals surface area contributed by atoms with Crippen LogP contribution in [0.2, 0.25) is 0 Å². The van der Waals surface area contributed by atoms with Gasteiger partial charge in [0.25, 0.3) is 0 Å². The molecule has 2 aromatic heterocycles. The predicted molar refractivity (Wildman–Crippen MR) is 96.0 cm³/mol. The zero-order valence-electron chi connectivity index (χ0n) is 13.2. The molecule has 0 radical (unpaired) electrons. The maximum absolute atomic E-state index is 4.77. The fourth-order valence-electron chi connectivity index (χ4n) is 2.71. The molecule has 0 bridgehead atoms. The molecule has 4 rings (SSSR count). The lowest BCUT2D eigenvalue weighted by Gasteiger charge is -2.04. The van der Waals surface area contributed by atoms with Crippen LogP contribution in [0.5, 0.6) is 0 Å². The van der Waals surface area contributed by atoms with Crippen LogP contribution in [0.15, 0.2) is 91.1 Å². The van der Waals surface area contributed by atoms with Crippen molar-refractivity contribution in [1.29, 1.82) is 0 Å². The first-order chi connectivity index (χ1) is 11.9. The van der Waals surface area contributed by atoms with Crippen molar-refractivity contribution in [3.63, 3.8) is 0 Å². The Kier molecular flexibility index (Phi) is 3.90. The smallest absolute Gasteiger partial charge is 0.0705 e. The quantitative estimate of drug-likeness (QED) is 0.554. The number of rotatable bonds is 4. The lowest BCUT2D eigenvalue weighted by Crippen LogP contribution is -1.98. The summed E-state index contributed by atoms with van der Waals surface area (Å²) in [5.74, 6) is 0. The highest BCUT2D eigenvalue weighted by atomic mass is 15.3. The van der Waals surface area contributed by atoms with Gasteiger partial charge in [0.1, 0.15) is 0 Å². The second kappa shape index (κ2) is 6.50. The summed E-state index contributed by atoms with van der Waals surface area (Å²) in [6.45, 7) is 0. The first-order valence-electron chi connectivity index (χ1n) is 8.00. The number of hydrogen-bond donors (Lipinski definition) is 0. The van der Waals surface area contributed by atoms with E-state index in [-0.39, 0.29) is 0 Å². The average Bonchev–Trinajstić information content (AvgIpc) is 3.12. The minimum absolute atomic E-state index is 0.723. The van der Waals surface area contributed by atoms with Gasteiger partial charge < -0.3 is 0 Å². The van der Waals surface area contributed by atoms with Crippen molar-refractivity contribution in [3.8, 4) is 16.9 Å². The van der Waals surface area contributed by atoms with Gasteiger partial charge in [-0.1, -0.05) is 54.6 Å². The standard InChI is InChI=1S/C21H17N3/c1-3-8-17(9-4-1)21-13-7-10-18(22-21)16-19-14-15-24(23-19)20-11-5-2-6-12-20/h1-15H,16H2. The van der Waals surface area contributed by atoms with Crippen molar-refractivity contribution in [3.05, 3.63) is 103 Å². The van der Waals surface area contributed by atoms with Crippen molar-refractivity contribution < 1.29 is 0 Å². The minimum atomic E-state index is 0.723. The van der Waals surface area contributed by atoms with Crippen LogP contribution in [0.1, 0.15) is 11.4 Å². The van der Waals surface area contributed by atoms with Gasteiger partial charge >= 0.3 is 0 Å². The highest BCUT2D eigenvalue weighted by Crippen LogP contribution is 2.17. The molecule has 2 aromatic carbocycles. The number of nitrogens with zero attached hydrogens (tertiary/aromatic N) is 3. The molecule has 0 atom stereocenters. The monoisotopic (exact) mass is 311 g/mol. The molecule has 3 nitrogen and oxygen atoms in total. The van der Waals surface area contributed by atoms with Crippen LogP contribution in [0, 0.1) is 0 Å². The Morgan fingerprint density at radius 2 is 1.42 bits per heavy atom. The van der Waals surface area contributed by atoms with Crippen LogP contribution in [0.25, 0.3) is 16.9 Å². The van der Waals surface area contributed by atoms with E-state index in [4.69, 9.17) is 4.98 Å². The Morgan fingerprint density at radius 1 is 0.667 bits per heavy atom. The summed E-state index contributed by atoms with van der Waals surface area (Å²) in [5.41, 5.74) is 5.23. The molecule has 0 saturated heterocycles. The van der Waals surface area contributed by atoms with Gasteiger partial charge in [-0.2, -0.15) is 5.10 Å². The SMILES string of the molecule is c1ccc(-c2cccc(Cc3ccn(-c4ccccc4)n3)n2)cc1. The second-order valence-electron chi connectivity index (χ2n) is 5.64. The fourth-order valence-corrected chi connectivity index (χ4v) is 2.71. The van der Waals surface area contributed by atoms with Crippen LogP contribution in [0.4, 0.5) is 0 Å². The van der Waals surface area contributed by atoms with Gasteiger partial charge in [-0.25, -0.2) is 4.68 Å². The third-order valence-corrected chi connectivity index (χ3v) is 3.90. The van der Waals surface area contributed by atoms with Crippen LogP contribution in [0.3, 0.4) is 0 Å². The summed E-state index contributed by atoms with van der Waals surface area (Å²) in [4.78, 5) is 4.77. The van der Waals surface area contributed by atoms with E-state index >= 15 is 0 Å².